The summed E-state index contributed by atoms with van der Waals surface area (Å²) < 4.78 is 1.18. The van der Waals surface area contributed by atoms with Crippen LogP contribution in [0.4, 0.5) is 0 Å². The molecule has 4 atom stereocenters. The number of hydrogen-bond acceptors (Lipinski definition) is 1. The minimum Gasteiger partial charge on any atom is -0.324 e. The Morgan fingerprint density at radius 2 is 2.17 bits per heavy atom. The first-order chi connectivity index (χ1) is 8.63. The van der Waals surface area contributed by atoms with Crippen LogP contribution in [0, 0.1) is 24.7 Å². The summed E-state index contributed by atoms with van der Waals surface area (Å²) in [6.07, 6.45) is 7.04. The Balaban J connectivity index is 1.67. The summed E-state index contributed by atoms with van der Waals surface area (Å²) in [6, 6.07) is 6.77. The summed E-state index contributed by atoms with van der Waals surface area (Å²) in [5.74, 6) is 2.90. The van der Waals surface area contributed by atoms with Crippen molar-refractivity contribution in [3.63, 3.8) is 0 Å². The maximum Gasteiger partial charge on any atom is 0.0297 e. The van der Waals surface area contributed by atoms with Crippen molar-refractivity contribution in [3.05, 3.63) is 33.8 Å². The average Bonchev–Trinajstić information content (AvgIpc) is 2.94. The van der Waals surface area contributed by atoms with Crippen LogP contribution in [0.1, 0.15) is 49.3 Å². The minimum absolute atomic E-state index is 0.223. The molecule has 2 bridgehead atoms. The van der Waals surface area contributed by atoms with Crippen molar-refractivity contribution in [1.82, 2.24) is 0 Å². The predicted octanol–water partition coefficient (Wildman–Crippen LogP) is 4.58. The Kier molecular flexibility index (Phi) is 3.50. The Labute approximate surface area is 118 Å². The lowest BCUT2D eigenvalue weighted by Gasteiger charge is -2.25. The second-order valence-corrected chi connectivity index (χ2v) is 7.14. The topological polar surface area (TPSA) is 26.0 Å². The normalized spacial score (nSPS) is 31.8. The van der Waals surface area contributed by atoms with Gasteiger partial charge in [0.1, 0.15) is 0 Å². The predicted molar refractivity (Wildman–Crippen MR) is 79.4 cm³/mol. The summed E-state index contributed by atoms with van der Waals surface area (Å²) in [5, 5.41) is 0. The SMILES string of the molecule is Cc1cc(C(N)CC2CC3CCC2C3)ccc1Br. The van der Waals surface area contributed by atoms with Crippen LogP contribution in [0.3, 0.4) is 0 Å². The van der Waals surface area contributed by atoms with E-state index in [-0.39, 0.29) is 6.04 Å². The molecule has 2 aliphatic carbocycles. The lowest BCUT2D eigenvalue weighted by atomic mass is 9.83. The molecular formula is C16H22BrN. The van der Waals surface area contributed by atoms with E-state index in [4.69, 9.17) is 5.73 Å². The molecule has 0 aliphatic heterocycles. The molecule has 2 aliphatic rings. The van der Waals surface area contributed by atoms with Gasteiger partial charge >= 0.3 is 0 Å². The monoisotopic (exact) mass is 307 g/mol. The molecule has 0 spiro atoms. The molecule has 2 heteroatoms. The third-order valence-corrected chi connectivity index (χ3v) is 5.94. The number of halogens is 1. The van der Waals surface area contributed by atoms with E-state index >= 15 is 0 Å². The van der Waals surface area contributed by atoms with Crippen LogP contribution in [0.25, 0.3) is 0 Å². The summed E-state index contributed by atoms with van der Waals surface area (Å²) in [6.45, 7) is 2.14. The van der Waals surface area contributed by atoms with Crippen LogP contribution < -0.4 is 5.73 Å². The van der Waals surface area contributed by atoms with Crippen LogP contribution in [0.15, 0.2) is 22.7 Å². The van der Waals surface area contributed by atoms with Crippen LogP contribution in [0.2, 0.25) is 0 Å². The Morgan fingerprint density at radius 1 is 1.33 bits per heavy atom. The van der Waals surface area contributed by atoms with Gasteiger partial charge in [0, 0.05) is 10.5 Å². The van der Waals surface area contributed by atoms with Gasteiger partial charge in [0.15, 0.2) is 0 Å². The number of fused-ring (bicyclic) bond motifs is 2. The van der Waals surface area contributed by atoms with Crippen molar-refractivity contribution >= 4 is 15.9 Å². The van der Waals surface area contributed by atoms with Gasteiger partial charge in [-0.25, -0.2) is 0 Å². The van der Waals surface area contributed by atoms with Crippen molar-refractivity contribution in [3.8, 4) is 0 Å². The van der Waals surface area contributed by atoms with Gasteiger partial charge < -0.3 is 5.73 Å². The summed E-state index contributed by atoms with van der Waals surface area (Å²) >= 11 is 3.55. The zero-order valence-electron chi connectivity index (χ0n) is 11.0. The molecule has 98 valence electrons. The van der Waals surface area contributed by atoms with E-state index in [9.17, 15) is 0 Å². The first-order valence-electron chi connectivity index (χ1n) is 7.15. The molecule has 2 fully saturated rings. The molecule has 2 N–H and O–H groups in total. The van der Waals surface area contributed by atoms with E-state index in [1.165, 1.54) is 47.7 Å². The molecule has 0 radical (unpaired) electrons. The molecule has 1 aromatic carbocycles. The third-order valence-electron chi connectivity index (χ3n) is 5.05. The summed E-state index contributed by atoms with van der Waals surface area (Å²) in [4.78, 5) is 0. The maximum atomic E-state index is 6.41. The van der Waals surface area contributed by atoms with Gasteiger partial charge in [0.2, 0.25) is 0 Å². The highest BCUT2D eigenvalue weighted by Crippen LogP contribution is 2.50. The van der Waals surface area contributed by atoms with Crippen molar-refractivity contribution < 1.29 is 0 Å². The van der Waals surface area contributed by atoms with Gasteiger partial charge in [-0.1, -0.05) is 34.5 Å². The lowest BCUT2D eigenvalue weighted by Crippen LogP contribution is -2.19. The average molecular weight is 308 g/mol. The zero-order valence-corrected chi connectivity index (χ0v) is 12.6. The quantitative estimate of drug-likeness (QED) is 0.869. The first-order valence-corrected chi connectivity index (χ1v) is 7.94. The second-order valence-electron chi connectivity index (χ2n) is 6.29. The van der Waals surface area contributed by atoms with E-state index in [0.29, 0.717) is 0 Å². The number of rotatable bonds is 3. The Morgan fingerprint density at radius 3 is 2.78 bits per heavy atom. The maximum absolute atomic E-state index is 6.41. The Bertz CT molecular complexity index is 443. The molecule has 0 aromatic heterocycles. The van der Waals surface area contributed by atoms with Crippen LogP contribution in [-0.2, 0) is 0 Å². The molecule has 3 rings (SSSR count). The minimum atomic E-state index is 0.223. The number of nitrogens with two attached hydrogens (primary N) is 1. The second kappa shape index (κ2) is 4.97. The molecule has 0 saturated heterocycles. The molecule has 1 aromatic rings. The third kappa shape index (κ3) is 2.37. The molecule has 0 amide bonds. The first kappa shape index (κ1) is 12.7. The summed E-state index contributed by atoms with van der Waals surface area (Å²) in [5.41, 5.74) is 9.00. The van der Waals surface area contributed by atoms with Crippen molar-refractivity contribution in [1.29, 1.82) is 0 Å². The fraction of sp³-hybridized carbons (Fsp3) is 0.625. The standard InChI is InChI=1S/C16H22BrN/c1-10-6-13(4-5-15(10)17)16(18)9-14-8-11-2-3-12(14)7-11/h4-6,11-12,14,16H,2-3,7-9,18H2,1H3. The van der Waals surface area contributed by atoms with Crippen molar-refractivity contribution in [2.75, 3.05) is 0 Å². The van der Waals surface area contributed by atoms with E-state index in [0.717, 1.165) is 17.8 Å². The summed E-state index contributed by atoms with van der Waals surface area (Å²) in [7, 11) is 0. The molecule has 0 heterocycles. The number of aryl methyl sites for hydroxylation is 1. The van der Waals surface area contributed by atoms with Crippen molar-refractivity contribution in [2.24, 2.45) is 23.5 Å². The molecule has 2 saturated carbocycles. The van der Waals surface area contributed by atoms with Gasteiger partial charge in [-0.3, -0.25) is 0 Å². The smallest absolute Gasteiger partial charge is 0.0297 e. The highest BCUT2D eigenvalue weighted by molar-refractivity contribution is 9.10. The highest BCUT2D eigenvalue weighted by atomic mass is 79.9. The molecule has 18 heavy (non-hydrogen) atoms. The lowest BCUT2D eigenvalue weighted by molar-refractivity contribution is 0.296. The number of benzene rings is 1. The van der Waals surface area contributed by atoms with E-state index in [1.54, 1.807) is 0 Å². The van der Waals surface area contributed by atoms with Gasteiger partial charge in [0.25, 0.3) is 0 Å². The van der Waals surface area contributed by atoms with Crippen LogP contribution >= 0.6 is 15.9 Å². The molecule has 1 nitrogen and oxygen atoms in total. The van der Waals surface area contributed by atoms with E-state index < -0.39 is 0 Å². The van der Waals surface area contributed by atoms with Gasteiger partial charge in [-0.15, -0.1) is 0 Å². The fourth-order valence-electron chi connectivity index (χ4n) is 4.03. The van der Waals surface area contributed by atoms with Gasteiger partial charge in [-0.05, 0) is 67.6 Å². The number of hydrogen-bond donors (Lipinski definition) is 1. The van der Waals surface area contributed by atoms with E-state index in [1.807, 2.05) is 0 Å². The zero-order chi connectivity index (χ0) is 12.7. The van der Waals surface area contributed by atoms with E-state index in [2.05, 4.69) is 41.1 Å². The largest absolute Gasteiger partial charge is 0.324 e. The van der Waals surface area contributed by atoms with Crippen LogP contribution in [0.5, 0.6) is 0 Å². The van der Waals surface area contributed by atoms with Crippen molar-refractivity contribution in [2.45, 2.75) is 45.1 Å². The van der Waals surface area contributed by atoms with Gasteiger partial charge in [0.05, 0.1) is 0 Å². The van der Waals surface area contributed by atoms with Crippen LogP contribution in [-0.4, -0.2) is 0 Å². The Hall–Kier alpha value is -0.340. The van der Waals surface area contributed by atoms with Gasteiger partial charge in [-0.2, -0.15) is 0 Å². The molecule has 4 unspecified atom stereocenters. The highest BCUT2D eigenvalue weighted by Gasteiger charge is 2.39. The fourth-order valence-corrected chi connectivity index (χ4v) is 4.27. The molecular weight excluding hydrogens is 286 g/mol.